The maximum atomic E-state index is 12.5. The summed E-state index contributed by atoms with van der Waals surface area (Å²) in [6.07, 6.45) is 1.37. The number of hydrogen-bond donors (Lipinski definition) is 1. The summed E-state index contributed by atoms with van der Waals surface area (Å²) < 4.78 is 44.4. The topological polar surface area (TPSA) is 140 Å². The number of carbonyl (C=O) groups is 1. The van der Waals surface area contributed by atoms with E-state index in [0.717, 1.165) is 16.9 Å². The van der Waals surface area contributed by atoms with Gasteiger partial charge in [0.2, 0.25) is 15.0 Å². The fourth-order valence-corrected chi connectivity index (χ4v) is 4.80. The van der Waals surface area contributed by atoms with Gasteiger partial charge in [-0.1, -0.05) is 19.1 Å². The molecular formula is C25H26N4O6S2. The van der Waals surface area contributed by atoms with Crippen LogP contribution in [0, 0.1) is 25.2 Å². The summed E-state index contributed by atoms with van der Waals surface area (Å²) >= 11 is 0.716. The number of aryl methyl sites for hydroxylation is 2. The van der Waals surface area contributed by atoms with Crippen LogP contribution in [0.15, 0.2) is 47.1 Å². The van der Waals surface area contributed by atoms with Gasteiger partial charge in [0.05, 0.1) is 12.9 Å². The van der Waals surface area contributed by atoms with Gasteiger partial charge in [-0.3, -0.25) is 10.1 Å². The van der Waals surface area contributed by atoms with Gasteiger partial charge in [0.25, 0.3) is 11.1 Å². The lowest BCUT2D eigenvalue weighted by Crippen LogP contribution is -2.14. The monoisotopic (exact) mass is 542 g/mol. The first kappa shape index (κ1) is 27.6. The highest BCUT2D eigenvalue weighted by Gasteiger charge is 2.20. The van der Waals surface area contributed by atoms with E-state index in [-0.39, 0.29) is 28.2 Å². The molecule has 0 aliphatic rings. The van der Waals surface area contributed by atoms with Gasteiger partial charge in [0, 0.05) is 11.5 Å². The van der Waals surface area contributed by atoms with Crippen LogP contribution in [-0.2, 0) is 14.6 Å². The van der Waals surface area contributed by atoms with Gasteiger partial charge in [-0.15, -0.1) is 0 Å². The molecule has 2 aromatic carbocycles. The van der Waals surface area contributed by atoms with Crippen molar-refractivity contribution in [2.24, 2.45) is 0 Å². The van der Waals surface area contributed by atoms with Crippen molar-refractivity contribution in [2.45, 2.75) is 25.9 Å². The Balaban J connectivity index is 1.65. The predicted octanol–water partition coefficient (Wildman–Crippen LogP) is 3.96. The summed E-state index contributed by atoms with van der Waals surface area (Å²) in [6, 6.07) is 12.8. The van der Waals surface area contributed by atoms with E-state index in [1.165, 1.54) is 20.1 Å². The number of carbonyl (C=O) groups excluding carboxylic acids is 1. The van der Waals surface area contributed by atoms with E-state index < -0.39 is 15.7 Å². The van der Waals surface area contributed by atoms with E-state index in [1.807, 2.05) is 32.0 Å². The van der Waals surface area contributed by atoms with Crippen LogP contribution in [0.25, 0.3) is 6.08 Å². The molecule has 3 aromatic rings. The Hall–Kier alpha value is -3.95. The second-order valence-corrected chi connectivity index (χ2v) is 10.8. The quantitative estimate of drug-likeness (QED) is 0.216. The summed E-state index contributed by atoms with van der Waals surface area (Å²) in [5.74, 6) is 0.748. The van der Waals surface area contributed by atoms with E-state index in [1.54, 1.807) is 18.2 Å². The molecule has 12 heteroatoms. The number of amides is 1. The number of rotatable bonds is 11. The Morgan fingerprint density at radius 3 is 2.46 bits per heavy atom. The van der Waals surface area contributed by atoms with Crippen molar-refractivity contribution in [1.29, 1.82) is 5.26 Å². The first-order chi connectivity index (χ1) is 17.6. The number of hydrogen-bond acceptors (Lipinski definition) is 10. The Labute approximate surface area is 219 Å². The number of aromatic nitrogens is 2. The van der Waals surface area contributed by atoms with Gasteiger partial charge in [0.1, 0.15) is 30.6 Å². The molecule has 3 rings (SSSR count). The molecule has 194 valence electrons. The van der Waals surface area contributed by atoms with E-state index >= 15 is 0 Å². The van der Waals surface area contributed by atoms with Crippen LogP contribution >= 0.6 is 11.5 Å². The fraction of sp³-hybridized carbons (Fsp3) is 0.280. The summed E-state index contributed by atoms with van der Waals surface area (Å²) in [4.78, 5) is 16.4. The van der Waals surface area contributed by atoms with Crippen LogP contribution < -0.4 is 19.5 Å². The molecule has 10 nitrogen and oxygen atoms in total. The van der Waals surface area contributed by atoms with Crippen LogP contribution in [-0.4, -0.2) is 49.8 Å². The van der Waals surface area contributed by atoms with Crippen molar-refractivity contribution in [3.8, 4) is 23.3 Å². The SMILES string of the molecule is CCS(=O)(=O)c1nsc(NC(=O)/C(C#N)=C\c2ccc(OCCOc3cc(C)cc(C)c3)c(OC)c2)n1. The van der Waals surface area contributed by atoms with Crippen molar-refractivity contribution < 1.29 is 27.4 Å². The fourth-order valence-electron chi connectivity index (χ4n) is 3.22. The second-order valence-electron chi connectivity index (χ2n) is 7.84. The maximum Gasteiger partial charge on any atom is 0.268 e. The van der Waals surface area contributed by atoms with Gasteiger partial charge in [0.15, 0.2) is 11.5 Å². The minimum absolute atomic E-state index is 0.0254. The zero-order valence-corrected chi connectivity index (χ0v) is 22.4. The van der Waals surface area contributed by atoms with Gasteiger partial charge < -0.3 is 14.2 Å². The lowest BCUT2D eigenvalue weighted by molar-refractivity contribution is -0.112. The Kier molecular flexibility index (Phi) is 9.21. The molecule has 1 N–H and O–H groups in total. The van der Waals surface area contributed by atoms with Crippen molar-refractivity contribution >= 4 is 38.5 Å². The van der Waals surface area contributed by atoms with E-state index in [9.17, 15) is 18.5 Å². The zero-order valence-electron chi connectivity index (χ0n) is 20.8. The second kappa shape index (κ2) is 12.3. The summed E-state index contributed by atoms with van der Waals surface area (Å²) in [7, 11) is -2.12. The van der Waals surface area contributed by atoms with Crippen molar-refractivity contribution in [1.82, 2.24) is 9.36 Å². The molecule has 0 bridgehead atoms. The average molecular weight is 543 g/mol. The molecule has 0 fully saturated rings. The first-order valence-corrected chi connectivity index (χ1v) is 13.6. The van der Waals surface area contributed by atoms with Crippen LogP contribution in [0.3, 0.4) is 0 Å². The molecule has 37 heavy (non-hydrogen) atoms. The molecule has 0 saturated carbocycles. The van der Waals surface area contributed by atoms with Crippen LogP contribution in [0.4, 0.5) is 5.13 Å². The number of nitrogens with one attached hydrogen (secondary N) is 1. The van der Waals surface area contributed by atoms with Crippen LogP contribution in [0.2, 0.25) is 0 Å². The number of nitrogens with zero attached hydrogens (tertiary/aromatic N) is 3. The van der Waals surface area contributed by atoms with Crippen LogP contribution in [0.1, 0.15) is 23.6 Å². The van der Waals surface area contributed by atoms with E-state index in [0.29, 0.717) is 35.2 Å². The standard InChI is InChI=1S/C25H26N4O6S2/c1-5-37(31,32)25-28-24(36-29-25)27-23(30)19(15-26)13-18-6-7-21(22(14-18)33-4)35-9-8-34-20-11-16(2)10-17(3)12-20/h6-7,10-14H,5,8-9H2,1-4H3,(H,27,28,29,30)/b19-13-. The van der Waals surface area contributed by atoms with E-state index in [2.05, 4.69) is 20.7 Å². The maximum absolute atomic E-state index is 12.5. The molecule has 1 aromatic heterocycles. The molecule has 0 radical (unpaired) electrons. The van der Waals surface area contributed by atoms with Gasteiger partial charge >= 0.3 is 0 Å². The third-order valence-electron chi connectivity index (χ3n) is 4.95. The van der Waals surface area contributed by atoms with E-state index in [4.69, 9.17) is 14.2 Å². The number of methoxy groups -OCH3 is 1. The number of benzene rings is 2. The number of ether oxygens (including phenoxy) is 3. The van der Waals surface area contributed by atoms with Crippen molar-refractivity contribution in [3.63, 3.8) is 0 Å². The van der Waals surface area contributed by atoms with Crippen molar-refractivity contribution in [2.75, 3.05) is 31.4 Å². The third kappa shape index (κ3) is 7.52. The van der Waals surface area contributed by atoms with Crippen LogP contribution in [0.5, 0.6) is 17.2 Å². The highest BCUT2D eigenvalue weighted by atomic mass is 32.2. The first-order valence-electron chi connectivity index (χ1n) is 11.2. The Morgan fingerprint density at radius 2 is 1.81 bits per heavy atom. The zero-order chi connectivity index (χ0) is 27.0. The summed E-state index contributed by atoms with van der Waals surface area (Å²) in [5.41, 5.74) is 2.54. The Morgan fingerprint density at radius 1 is 1.11 bits per heavy atom. The highest BCUT2D eigenvalue weighted by Crippen LogP contribution is 2.29. The largest absolute Gasteiger partial charge is 0.493 e. The summed E-state index contributed by atoms with van der Waals surface area (Å²) in [5, 5.41) is 11.5. The average Bonchev–Trinajstić information content (AvgIpc) is 3.34. The number of nitriles is 1. The number of sulfone groups is 1. The van der Waals surface area contributed by atoms with Gasteiger partial charge in [-0.2, -0.15) is 14.6 Å². The molecule has 0 spiro atoms. The highest BCUT2D eigenvalue weighted by molar-refractivity contribution is 7.91. The lowest BCUT2D eigenvalue weighted by atomic mass is 10.1. The lowest BCUT2D eigenvalue weighted by Gasteiger charge is -2.13. The minimum Gasteiger partial charge on any atom is -0.493 e. The van der Waals surface area contributed by atoms with Crippen molar-refractivity contribution in [3.05, 3.63) is 58.7 Å². The Bertz CT molecular complexity index is 1440. The molecule has 1 heterocycles. The molecule has 0 aliphatic carbocycles. The van der Waals surface area contributed by atoms with Gasteiger partial charge in [-0.25, -0.2) is 8.42 Å². The smallest absolute Gasteiger partial charge is 0.268 e. The molecule has 0 unspecified atom stereocenters. The summed E-state index contributed by atoms with van der Waals surface area (Å²) in [6.45, 7) is 6.09. The molecule has 0 atom stereocenters. The third-order valence-corrected chi connectivity index (χ3v) is 7.20. The van der Waals surface area contributed by atoms with Gasteiger partial charge in [-0.05, 0) is 60.9 Å². The molecule has 0 saturated heterocycles. The minimum atomic E-state index is -3.60. The number of anilines is 1. The molecule has 0 aliphatic heterocycles. The molecular weight excluding hydrogens is 516 g/mol. The molecule has 1 amide bonds. The normalized spacial score (nSPS) is 11.5. The predicted molar refractivity (Wildman–Crippen MR) is 140 cm³/mol.